The summed E-state index contributed by atoms with van der Waals surface area (Å²) in [6, 6.07) is 13.7. The molecule has 0 bridgehead atoms. The van der Waals surface area contributed by atoms with Crippen LogP contribution in [0.15, 0.2) is 36.4 Å². The number of benzene rings is 2. The third-order valence-corrected chi connectivity index (χ3v) is 7.62. The van der Waals surface area contributed by atoms with E-state index in [-0.39, 0.29) is 0 Å². The molecular weight excluding hydrogens is 501 g/mol. The zero-order valence-electron chi connectivity index (χ0n) is 20.4. The van der Waals surface area contributed by atoms with Crippen LogP contribution in [-0.2, 0) is 6.42 Å². The largest absolute Gasteiger partial charge is 0.355 e. The van der Waals surface area contributed by atoms with Gasteiger partial charge in [0, 0.05) is 25.4 Å². The van der Waals surface area contributed by atoms with E-state index in [0.29, 0.717) is 0 Å². The lowest BCUT2D eigenvalue weighted by Crippen LogP contribution is -1.87. The first-order valence-corrected chi connectivity index (χ1v) is 14.6. The minimum atomic E-state index is 1.21. The topological polar surface area (TPSA) is 15.8 Å². The van der Waals surface area contributed by atoms with Crippen LogP contribution in [0.25, 0.3) is 21.8 Å². The molecule has 0 atom stereocenters. The molecule has 0 radical (unpaired) electrons. The van der Waals surface area contributed by atoms with Gasteiger partial charge in [0.1, 0.15) is 0 Å². The van der Waals surface area contributed by atoms with E-state index in [1.54, 1.807) is 0 Å². The van der Waals surface area contributed by atoms with Crippen molar-refractivity contribution < 1.29 is 0 Å². The van der Waals surface area contributed by atoms with Gasteiger partial charge >= 0.3 is 0 Å². The highest BCUT2D eigenvalue weighted by molar-refractivity contribution is 14.1. The first kappa shape index (κ1) is 25.6. The molecule has 0 amide bonds. The number of aromatic amines is 1. The number of hydrogen-bond donors (Lipinski definition) is 1. The van der Waals surface area contributed by atoms with Crippen LogP contribution in [0.5, 0.6) is 0 Å². The van der Waals surface area contributed by atoms with Crippen LogP contribution in [0.3, 0.4) is 0 Å². The molecule has 2 aromatic carbocycles. The van der Waals surface area contributed by atoms with E-state index in [9.17, 15) is 0 Å². The summed E-state index contributed by atoms with van der Waals surface area (Å²) in [4.78, 5) is 3.60. The van der Waals surface area contributed by atoms with Crippen LogP contribution in [0.1, 0.15) is 115 Å². The van der Waals surface area contributed by atoms with Gasteiger partial charge in [0.05, 0.1) is 0 Å². The van der Waals surface area contributed by atoms with Gasteiger partial charge in [-0.25, -0.2) is 0 Å². The number of hydrogen-bond acceptors (Lipinski definition) is 0. The lowest BCUT2D eigenvalue weighted by Gasteiger charge is -2.04. The molecule has 0 aliphatic carbocycles. The Morgan fingerprint density at radius 3 is 1.72 bits per heavy atom. The molecule has 1 aromatic heterocycles. The summed E-state index contributed by atoms with van der Waals surface area (Å²) in [6.45, 7) is 2.30. The fraction of sp³-hybridized carbons (Fsp3) is 0.600. The van der Waals surface area contributed by atoms with Gasteiger partial charge in [-0.05, 0) is 65.3 Å². The van der Waals surface area contributed by atoms with E-state index in [1.165, 1.54) is 140 Å². The van der Waals surface area contributed by atoms with Crippen molar-refractivity contribution in [1.82, 2.24) is 4.98 Å². The number of unbranched alkanes of at least 4 members (excludes halogenated alkanes) is 15. The number of aromatic nitrogens is 1. The Bertz CT molecular complexity index is 910. The summed E-state index contributed by atoms with van der Waals surface area (Å²) in [7, 11) is 0. The second-order valence-corrected chi connectivity index (χ2v) is 11.0. The highest BCUT2D eigenvalue weighted by Gasteiger charge is 2.05. The van der Waals surface area contributed by atoms with Gasteiger partial charge in [0.2, 0.25) is 0 Å². The Hall–Kier alpha value is -1.03. The smallest absolute Gasteiger partial charge is 0.0467 e. The molecule has 0 fully saturated rings. The zero-order chi connectivity index (χ0) is 22.4. The number of halogens is 1. The SMILES string of the molecule is CCCCCCCCCCCCCCCCCCc1ccc2c(c1)[nH]c1ccc(I)cc12. The lowest BCUT2D eigenvalue weighted by molar-refractivity contribution is 0.529. The first-order chi connectivity index (χ1) is 15.8. The average molecular weight is 546 g/mol. The maximum absolute atomic E-state index is 3.60. The van der Waals surface area contributed by atoms with E-state index in [2.05, 4.69) is 70.9 Å². The summed E-state index contributed by atoms with van der Waals surface area (Å²) in [5.41, 5.74) is 4.01. The third-order valence-electron chi connectivity index (χ3n) is 6.94. The number of fused-ring (bicyclic) bond motifs is 3. The van der Waals surface area contributed by atoms with Gasteiger partial charge in [0.15, 0.2) is 0 Å². The maximum Gasteiger partial charge on any atom is 0.0467 e. The number of H-pyrrole nitrogens is 1. The predicted molar refractivity (Wildman–Crippen MR) is 152 cm³/mol. The van der Waals surface area contributed by atoms with Crippen LogP contribution in [0.4, 0.5) is 0 Å². The quantitative estimate of drug-likeness (QED) is 0.128. The van der Waals surface area contributed by atoms with Crippen molar-refractivity contribution in [2.45, 2.75) is 116 Å². The molecule has 32 heavy (non-hydrogen) atoms. The molecule has 0 saturated carbocycles. The molecular formula is C30H44IN. The number of rotatable bonds is 17. The van der Waals surface area contributed by atoms with E-state index in [0.717, 1.165) is 0 Å². The molecule has 0 unspecified atom stereocenters. The summed E-state index contributed by atoms with van der Waals surface area (Å²) in [5.74, 6) is 0. The summed E-state index contributed by atoms with van der Waals surface area (Å²) < 4.78 is 1.30. The van der Waals surface area contributed by atoms with Gasteiger partial charge in [0.25, 0.3) is 0 Å². The standard InChI is InChI=1S/C30H44IN/c1-2-3-4-5-6-7-8-9-10-11-12-13-14-15-16-17-18-25-19-21-27-28-24-26(31)20-22-29(28)32-30(27)23-25/h19-24,32H,2-18H2,1H3. The summed E-state index contributed by atoms with van der Waals surface area (Å²) in [5, 5.41) is 2.70. The van der Waals surface area contributed by atoms with Crippen molar-refractivity contribution in [2.75, 3.05) is 0 Å². The summed E-state index contributed by atoms with van der Waals surface area (Å²) >= 11 is 2.40. The molecule has 0 spiro atoms. The fourth-order valence-electron chi connectivity index (χ4n) is 4.96. The summed E-state index contributed by atoms with van der Waals surface area (Å²) in [6.07, 6.45) is 24.1. The van der Waals surface area contributed by atoms with Gasteiger partial charge in [-0.3, -0.25) is 0 Å². The van der Waals surface area contributed by atoms with Gasteiger partial charge in [-0.2, -0.15) is 0 Å². The van der Waals surface area contributed by atoms with Crippen molar-refractivity contribution in [1.29, 1.82) is 0 Å². The third kappa shape index (κ3) is 8.72. The molecule has 0 saturated heterocycles. The zero-order valence-corrected chi connectivity index (χ0v) is 22.5. The molecule has 1 heterocycles. The Morgan fingerprint density at radius 2 is 1.12 bits per heavy atom. The Morgan fingerprint density at radius 1 is 0.562 bits per heavy atom. The van der Waals surface area contributed by atoms with Crippen molar-refractivity contribution in [3.63, 3.8) is 0 Å². The highest BCUT2D eigenvalue weighted by Crippen LogP contribution is 2.28. The highest BCUT2D eigenvalue weighted by atomic mass is 127. The van der Waals surface area contributed by atoms with Crippen molar-refractivity contribution >= 4 is 44.4 Å². The van der Waals surface area contributed by atoms with Crippen molar-refractivity contribution in [2.24, 2.45) is 0 Å². The Labute approximate surface area is 210 Å². The fourth-order valence-corrected chi connectivity index (χ4v) is 5.45. The van der Waals surface area contributed by atoms with Crippen LogP contribution in [0, 0.1) is 3.57 Å². The molecule has 176 valence electrons. The minimum absolute atomic E-state index is 1.21. The maximum atomic E-state index is 3.60. The molecule has 0 aliphatic heterocycles. The van der Waals surface area contributed by atoms with Gasteiger partial charge in [-0.1, -0.05) is 115 Å². The average Bonchev–Trinajstić information content (AvgIpc) is 3.15. The van der Waals surface area contributed by atoms with E-state index >= 15 is 0 Å². The second-order valence-electron chi connectivity index (χ2n) is 9.75. The number of nitrogens with one attached hydrogen (secondary N) is 1. The van der Waals surface area contributed by atoms with Crippen LogP contribution >= 0.6 is 22.6 Å². The first-order valence-electron chi connectivity index (χ1n) is 13.5. The Balaban J connectivity index is 1.19. The molecule has 2 heteroatoms. The predicted octanol–water partition coefficient (Wildman–Crippen LogP) is 10.7. The second kappa shape index (κ2) is 15.0. The van der Waals surface area contributed by atoms with Crippen LogP contribution in [0.2, 0.25) is 0 Å². The monoisotopic (exact) mass is 545 g/mol. The molecule has 3 aromatic rings. The number of aryl methyl sites for hydroxylation is 1. The molecule has 3 rings (SSSR count). The van der Waals surface area contributed by atoms with Crippen LogP contribution in [-0.4, -0.2) is 4.98 Å². The molecule has 0 aliphatic rings. The van der Waals surface area contributed by atoms with Gasteiger partial charge in [-0.15, -0.1) is 0 Å². The molecule has 1 N–H and O–H groups in total. The van der Waals surface area contributed by atoms with E-state index < -0.39 is 0 Å². The normalized spacial score (nSPS) is 11.7. The Kier molecular flexibility index (Phi) is 12.0. The lowest BCUT2D eigenvalue weighted by atomic mass is 10.0. The van der Waals surface area contributed by atoms with E-state index in [4.69, 9.17) is 0 Å². The minimum Gasteiger partial charge on any atom is -0.355 e. The van der Waals surface area contributed by atoms with E-state index in [1.807, 2.05) is 0 Å². The van der Waals surface area contributed by atoms with Crippen molar-refractivity contribution in [3.05, 3.63) is 45.5 Å². The molecule has 1 nitrogen and oxygen atoms in total. The van der Waals surface area contributed by atoms with Crippen LogP contribution < -0.4 is 0 Å². The van der Waals surface area contributed by atoms with Crippen molar-refractivity contribution in [3.8, 4) is 0 Å². The van der Waals surface area contributed by atoms with Gasteiger partial charge < -0.3 is 4.98 Å².